The summed E-state index contributed by atoms with van der Waals surface area (Å²) < 4.78 is 5.53. The molecule has 3 aromatic rings. The molecule has 0 saturated carbocycles. The van der Waals surface area contributed by atoms with Crippen LogP contribution < -0.4 is 5.32 Å². The Balaban J connectivity index is 1.73. The number of allylic oxidation sites excluding steroid dienone is 1. The van der Waals surface area contributed by atoms with Crippen molar-refractivity contribution in [2.24, 2.45) is 0 Å². The lowest BCUT2D eigenvalue weighted by atomic mass is 10.1. The van der Waals surface area contributed by atoms with Crippen LogP contribution in [0.2, 0.25) is 0 Å². The van der Waals surface area contributed by atoms with E-state index in [4.69, 9.17) is 4.42 Å². The Bertz CT molecular complexity index is 855. The maximum Gasteiger partial charge on any atom is 0.221 e. The first-order chi connectivity index (χ1) is 11.1. The van der Waals surface area contributed by atoms with Gasteiger partial charge in [0.15, 0.2) is 5.76 Å². The molecule has 3 rings (SSSR count). The minimum absolute atomic E-state index is 0.117. The summed E-state index contributed by atoms with van der Waals surface area (Å²) in [4.78, 5) is 23.1. The molecule has 4 nitrogen and oxygen atoms in total. The van der Waals surface area contributed by atoms with Gasteiger partial charge in [-0.3, -0.25) is 9.59 Å². The fourth-order valence-corrected chi connectivity index (χ4v) is 2.24. The maximum absolute atomic E-state index is 12.2. The van der Waals surface area contributed by atoms with Crippen LogP contribution in [0.15, 0.2) is 65.1 Å². The molecular formula is C19H15NO3. The zero-order valence-corrected chi connectivity index (χ0v) is 12.6. The Morgan fingerprint density at radius 2 is 1.78 bits per heavy atom. The summed E-state index contributed by atoms with van der Waals surface area (Å²) in [6.07, 6.45) is 3.19. The standard InChI is InChI=1S/C19H15NO3/c1-13(21)20-16-9-6-14(7-10-16)8-11-17(22)19-12-15-4-2-3-5-18(15)23-19/h2-12H,1H3,(H,20,21). The number of furan rings is 1. The van der Waals surface area contributed by atoms with Crippen molar-refractivity contribution in [3.8, 4) is 0 Å². The largest absolute Gasteiger partial charge is 0.453 e. The molecule has 0 atom stereocenters. The summed E-state index contributed by atoms with van der Waals surface area (Å²) in [6.45, 7) is 1.46. The SMILES string of the molecule is CC(=O)Nc1ccc(C=CC(=O)c2cc3ccccc3o2)cc1. The third-order valence-corrected chi connectivity index (χ3v) is 3.33. The van der Waals surface area contributed by atoms with Gasteiger partial charge in [-0.15, -0.1) is 0 Å². The lowest BCUT2D eigenvalue weighted by molar-refractivity contribution is -0.114. The van der Waals surface area contributed by atoms with Crippen LogP contribution in [0.25, 0.3) is 17.0 Å². The van der Waals surface area contributed by atoms with Crippen molar-refractivity contribution in [3.63, 3.8) is 0 Å². The summed E-state index contributed by atoms with van der Waals surface area (Å²) in [5.41, 5.74) is 2.28. The first kappa shape index (κ1) is 14.8. The number of ketones is 1. The highest BCUT2D eigenvalue weighted by atomic mass is 16.3. The van der Waals surface area contributed by atoms with Crippen molar-refractivity contribution in [1.29, 1.82) is 0 Å². The lowest BCUT2D eigenvalue weighted by Gasteiger charge is -2.01. The second-order valence-corrected chi connectivity index (χ2v) is 5.15. The molecule has 1 amide bonds. The zero-order valence-electron chi connectivity index (χ0n) is 12.6. The van der Waals surface area contributed by atoms with E-state index in [1.54, 1.807) is 24.3 Å². The van der Waals surface area contributed by atoms with Crippen LogP contribution in [0.4, 0.5) is 5.69 Å². The van der Waals surface area contributed by atoms with E-state index < -0.39 is 0 Å². The van der Waals surface area contributed by atoms with Crippen molar-refractivity contribution in [3.05, 3.63) is 72.0 Å². The predicted octanol–water partition coefficient (Wildman–Crippen LogP) is 4.29. The number of fused-ring (bicyclic) bond motifs is 1. The minimum atomic E-state index is -0.188. The smallest absolute Gasteiger partial charge is 0.221 e. The number of hydrogen-bond donors (Lipinski definition) is 1. The normalized spacial score (nSPS) is 11.0. The average Bonchev–Trinajstić information content (AvgIpc) is 2.97. The van der Waals surface area contributed by atoms with Gasteiger partial charge in [0.2, 0.25) is 11.7 Å². The monoisotopic (exact) mass is 305 g/mol. The molecule has 0 fully saturated rings. The molecule has 1 N–H and O–H groups in total. The number of nitrogens with one attached hydrogen (secondary N) is 1. The molecule has 1 heterocycles. The molecule has 114 valence electrons. The van der Waals surface area contributed by atoms with E-state index in [0.717, 1.165) is 16.6 Å². The van der Waals surface area contributed by atoms with Crippen LogP contribution in [0.3, 0.4) is 0 Å². The second kappa shape index (κ2) is 6.32. The van der Waals surface area contributed by atoms with Crippen LogP contribution in [-0.2, 0) is 4.79 Å². The third-order valence-electron chi connectivity index (χ3n) is 3.33. The highest BCUT2D eigenvalue weighted by molar-refractivity contribution is 6.07. The molecule has 0 spiro atoms. The van der Waals surface area contributed by atoms with E-state index in [1.165, 1.54) is 13.0 Å². The molecule has 0 aliphatic heterocycles. The number of anilines is 1. The maximum atomic E-state index is 12.2. The van der Waals surface area contributed by atoms with Gasteiger partial charge in [0.1, 0.15) is 5.58 Å². The topological polar surface area (TPSA) is 59.3 Å². The van der Waals surface area contributed by atoms with Crippen molar-refractivity contribution in [2.75, 3.05) is 5.32 Å². The van der Waals surface area contributed by atoms with Crippen LogP contribution >= 0.6 is 0 Å². The summed E-state index contributed by atoms with van der Waals surface area (Å²) >= 11 is 0. The number of carbonyl (C=O) groups is 2. The molecule has 4 heteroatoms. The van der Waals surface area contributed by atoms with Gasteiger partial charge in [0.05, 0.1) is 0 Å². The molecule has 0 radical (unpaired) electrons. The first-order valence-electron chi connectivity index (χ1n) is 7.20. The number of hydrogen-bond acceptors (Lipinski definition) is 3. The fourth-order valence-electron chi connectivity index (χ4n) is 2.24. The summed E-state index contributed by atoms with van der Waals surface area (Å²) in [5, 5.41) is 3.60. The van der Waals surface area contributed by atoms with Crippen molar-refractivity contribution in [2.45, 2.75) is 6.92 Å². The molecule has 0 aliphatic carbocycles. The molecule has 0 bridgehead atoms. The van der Waals surface area contributed by atoms with E-state index in [9.17, 15) is 9.59 Å². The number of amides is 1. The molecule has 0 aliphatic rings. The zero-order chi connectivity index (χ0) is 16.2. The van der Waals surface area contributed by atoms with E-state index in [0.29, 0.717) is 11.3 Å². The number of carbonyl (C=O) groups excluding carboxylic acids is 2. The van der Waals surface area contributed by atoms with Crippen LogP contribution in [0.1, 0.15) is 23.0 Å². The van der Waals surface area contributed by atoms with Gasteiger partial charge in [-0.1, -0.05) is 36.4 Å². The predicted molar refractivity (Wildman–Crippen MR) is 90.3 cm³/mol. The van der Waals surface area contributed by atoms with Crippen LogP contribution in [-0.4, -0.2) is 11.7 Å². The molecule has 0 saturated heterocycles. The highest BCUT2D eigenvalue weighted by Gasteiger charge is 2.08. The molecule has 23 heavy (non-hydrogen) atoms. The van der Waals surface area contributed by atoms with E-state index in [2.05, 4.69) is 5.32 Å². The Hall–Kier alpha value is -3.14. The third kappa shape index (κ3) is 3.55. The summed E-state index contributed by atoms with van der Waals surface area (Å²) in [5.74, 6) is 0.0119. The van der Waals surface area contributed by atoms with Crippen molar-refractivity contribution < 1.29 is 14.0 Å². The number of para-hydroxylation sites is 1. The van der Waals surface area contributed by atoms with Gasteiger partial charge in [0.25, 0.3) is 0 Å². The fraction of sp³-hybridized carbons (Fsp3) is 0.0526. The minimum Gasteiger partial charge on any atom is -0.453 e. The van der Waals surface area contributed by atoms with Gasteiger partial charge in [-0.05, 0) is 35.9 Å². The molecule has 2 aromatic carbocycles. The molecule has 0 unspecified atom stereocenters. The average molecular weight is 305 g/mol. The van der Waals surface area contributed by atoms with Gasteiger partial charge in [-0.25, -0.2) is 0 Å². The number of benzene rings is 2. The van der Waals surface area contributed by atoms with Crippen LogP contribution in [0.5, 0.6) is 0 Å². The molecule has 1 aromatic heterocycles. The van der Waals surface area contributed by atoms with Crippen molar-refractivity contribution >= 4 is 34.4 Å². The van der Waals surface area contributed by atoms with E-state index in [-0.39, 0.29) is 11.7 Å². The summed E-state index contributed by atoms with van der Waals surface area (Å²) in [6, 6.07) is 16.5. The second-order valence-electron chi connectivity index (χ2n) is 5.15. The Kier molecular flexibility index (Phi) is 4.06. The van der Waals surface area contributed by atoms with Crippen LogP contribution in [0, 0.1) is 0 Å². The van der Waals surface area contributed by atoms with Gasteiger partial charge in [0, 0.05) is 18.0 Å². The van der Waals surface area contributed by atoms with Gasteiger partial charge < -0.3 is 9.73 Å². The molecular weight excluding hydrogens is 290 g/mol. The van der Waals surface area contributed by atoms with Gasteiger partial charge in [-0.2, -0.15) is 0 Å². The summed E-state index contributed by atoms with van der Waals surface area (Å²) in [7, 11) is 0. The van der Waals surface area contributed by atoms with E-state index in [1.807, 2.05) is 36.4 Å². The lowest BCUT2D eigenvalue weighted by Crippen LogP contribution is -2.05. The van der Waals surface area contributed by atoms with Gasteiger partial charge >= 0.3 is 0 Å². The highest BCUT2D eigenvalue weighted by Crippen LogP contribution is 2.19. The number of rotatable bonds is 4. The van der Waals surface area contributed by atoms with E-state index >= 15 is 0 Å². The quantitative estimate of drug-likeness (QED) is 0.578. The first-order valence-corrected chi connectivity index (χ1v) is 7.20. The Morgan fingerprint density at radius 1 is 1.04 bits per heavy atom. The Morgan fingerprint density at radius 3 is 2.48 bits per heavy atom. The van der Waals surface area contributed by atoms with Crippen molar-refractivity contribution in [1.82, 2.24) is 0 Å². The Labute approximate surface area is 133 Å².